The number of nitrogens with zero attached hydrogens (tertiary/aromatic N) is 4. The van der Waals surface area contributed by atoms with Crippen molar-refractivity contribution < 1.29 is 24.5 Å². The Kier molecular flexibility index (Phi) is 5.99. The molecule has 1 aliphatic heterocycles. The van der Waals surface area contributed by atoms with Gasteiger partial charge in [0.25, 0.3) is 0 Å². The molecule has 156 valence electrons. The molecule has 5 atom stereocenters. The van der Waals surface area contributed by atoms with Crippen LogP contribution in [-0.4, -0.2) is 62.7 Å². The fourth-order valence-electron chi connectivity index (χ4n) is 3.77. The van der Waals surface area contributed by atoms with Crippen molar-refractivity contribution in [2.45, 2.75) is 43.2 Å². The number of carbonyl (C=O) groups is 1. The lowest BCUT2D eigenvalue weighted by atomic mass is 9.88. The minimum absolute atomic E-state index is 0.170. The first-order valence-electron chi connectivity index (χ1n) is 9.23. The van der Waals surface area contributed by atoms with E-state index in [0.29, 0.717) is 31.3 Å². The summed E-state index contributed by atoms with van der Waals surface area (Å²) in [6.45, 7) is 0.448. The largest absolute Gasteiger partial charge is 0.469 e. The summed E-state index contributed by atoms with van der Waals surface area (Å²) in [5.74, 6) is -1.30. The van der Waals surface area contributed by atoms with E-state index in [1.807, 2.05) is 6.07 Å². The van der Waals surface area contributed by atoms with Gasteiger partial charge in [-0.15, -0.1) is 0 Å². The predicted molar refractivity (Wildman–Crippen MR) is 100.0 cm³/mol. The van der Waals surface area contributed by atoms with E-state index in [2.05, 4.69) is 10.1 Å². The van der Waals surface area contributed by atoms with Gasteiger partial charge >= 0.3 is 5.97 Å². The average Bonchev–Trinajstić information content (AvgIpc) is 3.27. The molecule has 0 radical (unpaired) electrons. The molecule has 2 aromatic rings. The van der Waals surface area contributed by atoms with E-state index in [9.17, 15) is 20.3 Å². The molecule has 0 amide bonds. The Morgan fingerprint density at radius 3 is 2.90 bits per heavy atom. The van der Waals surface area contributed by atoms with Crippen molar-refractivity contribution in [2.75, 3.05) is 19.4 Å². The van der Waals surface area contributed by atoms with E-state index < -0.39 is 35.8 Å². The van der Waals surface area contributed by atoms with Gasteiger partial charge < -0.3 is 31.2 Å². The second-order valence-corrected chi connectivity index (χ2v) is 6.94. The molecule has 1 unspecified atom stereocenters. The molecular weight excluding hydrogens is 380 g/mol. The number of aliphatic hydroxyl groups excluding tert-OH is 2. The van der Waals surface area contributed by atoms with Gasteiger partial charge in [-0.25, -0.2) is 9.50 Å². The summed E-state index contributed by atoms with van der Waals surface area (Å²) < 4.78 is 12.1. The number of ether oxygens (including phenoxy) is 2. The van der Waals surface area contributed by atoms with Crippen LogP contribution >= 0.6 is 0 Å². The minimum atomic E-state index is -1.96. The first-order chi connectivity index (χ1) is 13.9. The van der Waals surface area contributed by atoms with Gasteiger partial charge in [0, 0.05) is 0 Å². The average molecular weight is 404 g/mol. The molecule has 2 aromatic heterocycles. The lowest BCUT2D eigenvalue weighted by Crippen LogP contribution is -2.41. The summed E-state index contributed by atoms with van der Waals surface area (Å²) in [6, 6.07) is 5.05. The van der Waals surface area contributed by atoms with Crippen molar-refractivity contribution in [1.29, 1.82) is 5.26 Å². The number of fused-ring (bicyclic) bond motifs is 1. The number of hydrogen-bond donors (Lipinski definition) is 4. The number of esters is 1. The predicted octanol–water partition coefficient (Wildman–Crippen LogP) is -0.931. The van der Waals surface area contributed by atoms with Crippen molar-refractivity contribution in [3.8, 4) is 6.07 Å². The molecule has 1 fully saturated rings. The van der Waals surface area contributed by atoms with Gasteiger partial charge in [0.05, 0.1) is 18.7 Å². The smallest absolute Gasteiger partial charge is 0.311 e. The van der Waals surface area contributed by atoms with Crippen molar-refractivity contribution >= 4 is 17.3 Å². The molecule has 0 aromatic carbocycles. The number of unbranched alkanes of at least 4 members (excludes halogenated alkanes) is 1. The van der Waals surface area contributed by atoms with Crippen LogP contribution in [0.3, 0.4) is 0 Å². The molecule has 0 bridgehead atoms. The molecule has 6 N–H and O–H groups in total. The standard InChI is InChI=1S/C18H24N6O5/c1-28-17(27)10(4-2-3-7-19)14-13(25)15(26)18(8-20,29-14)12-6-5-11-16(21)22-9-23-24(11)12/h5-6,9-10,13-15,25-26H,2-4,7,19H2,1H3,(H2,21,22,23)/t10?,13-,14-,15-,18+/m1/s1. The van der Waals surface area contributed by atoms with Gasteiger partial charge in [-0.05, 0) is 31.5 Å². The topological polar surface area (TPSA) is 182 Å². The number of hydrogen-bond acceptors (Lipinski definition) is 10. The molecule has 1 saturated heterocycles. The lowest BCUT2D eigenvalue weighted by molar-refractivity contribution is -0.155. The van der Waals surface area contributed by atoms with Crippen LogP contribution in [0.4, 0.5) is 5.82 Å². The van der Waals surface area contributed by atoms with Crippen LogP contribution in [0.15, 0.2) is 18.5 Å². The number of anilines is 1. The Morgan fingerprint density at radius 1 is 1.48 bits per heavy atom. The second-order valence-electron chi connectivity index (χ2n) is 6.94. The third-order valence-electron chi connectivity index (χ3n) is 5.30. The number of carbonyl (C=O) groups excluding carboxylic acids is 1. The van der Waals surface area contributed by atoms with E-state index in [1.165, 1.54) is 24.0 Å². The minimum Gasteiger partial charge on any atom is -0.469 e. The normalized spacial score (nSPS) is 27.6. The monoisotopic (exact) mass is 404 g/mol. The third kappa shape index (κ3) is 3.40. The van der Waals surface area contributed by atoms with E-state index in [0.717, 1.165) is 0 Å². The van der Waals surface area contributed by atoms with Crippen molar-refractivity contribution in [3.63, 3.8) is 0 Å². The van der Waals surface area contributed by atoms with Gasteiger partial charge in [0.15, 0.2) is 5.82 Å². The summed E-state index contributed by atoms with van der Waals surface area (Å²) in [4.78, 5) is 16.2. The third-order valence-corrected chi connectivity index (χ3v) is 5.30. The Hall–Kier alpha value is -2.78. The number of rotatable bonds is 7. The van der Waals surface area contributed by atoms with E-state index in [-0.39, 0.29) is 11.5 Å². The van der Waals surface area contributed by atoms with Crippen LogP contribution in [0, 0.1) is 17.2 Å². The zero-order valence-electron chi connectivity index (χ0n) is 15.9. The summed E-state index contributed by atoms with van der Waals surface area (Å²) >= 11 is 0. The first-order valence-corrected chi connectivity index (χ1v) is 9.23. The number of nitrogens with two attached hydrogens (primary N) is 2. The number of aromatic nitrogens is 3. The van der Waals surface area contributed by atoms with Gasteiger partial charge in [0.1, 0.15) is 36.2 Å². The number of methoxy groups -OCH3 is 1. The van der Waals surface area contributed by atoms with Gasteiger partial charge in [0.2, 0.25) is 5.60 Å². The second kappa shape index (κ2) is 8.30. The molecular formula is C18H24N6O5. The van der Waals surface area contributed by atoms with Crippen LogP contribution in [0.1, 0.15) is 25.0 Å². The summed E-state index contributed by atoms with van der Waals surface area (Å²) in [5.41, 5.74) is 9.98. The van der Waals surface area contributed by atoms with E-state index >= 15 is 0 Å². The maximum absolute atomic E-state index is 12.3. The molecule has 29 heavy (non-hydrogen) atoms. The van der Waals surface area contributed by atoms with Gasteiger partial charge in [-0.1, -0.05) is 6.42 Å². The van der Waals surface area contributed by atoms with Crippen molar-refractivity contribution in [1.82, 2.24) is 14.6 Å². The highest BCUT2D eigenvalue weighted by atomic mass is 16.6. The Labute approximate surface area is 166 Å². The molecule has 0 aliphatic carbocycles. The zero-order chi connectivity index (χ0) is 21.2. The van der Waals surface area contributed by atoms with E-state index in [4.69, 9.17) is 20.9 Å². The molecule has 11 nitrogen and oxygen atoms in total. The molecule has 0 saturated carbocycles. The number of nitriles is 1. The molecule has 3 rings (SSSR count). The number of aliphatic hydroxyl groups is 2. The summed E-state index contributed by atoms with van der Waals surface area (Å²) in [7, 11) is 1.23. The maximum atomic E-state index is 12.3. The van der Waals surface area contributed by atoms with Gasteiger partial charge in [-0.3, -0.25) is 4.79 Å². The molecule has 1 aliphatic rings. The van der Waals surface area contributed by atoms with Gasteiger partial charge in [-0.2, -0.15) is 10.4 Å². The Bertz CT molecular complexity index is 927. The van der Waals surface area contributed by atoms with Crippen LogP contribution < -0.4 is 11.5 Å². The fourth-order valence-corrected chi connectivity index (χ4v) is 3.77. The summed E-state index contributed by atoms with van der Waals surface area (Å²) in [6.07, 6.45) is -1.49. The van der Waals surface area contributed by atoms with Crippen LogP contribution in [0.2, 0.25) is 0 Å². The van der Waals surface area contributed by atoms with Crippen LogP contribution in [0.25, 0.3) is 5.52 Å². The Balaban J connectivity index is 2.01. The molecule has 0 spiro atoms. The highest BCUT2D eigenvalue weighted by Crippen LogP contribution is 2.43. The Morgan fingerprint density at radius 2 is 2.24 bits per heavy atom. The highest BCUT2D eigenvalue weighted by Gasteiger charge is 2.60. The summed E-state index contributed by atoms with van der Waals surface area (Å²) in [5, 5.41) is 35.5. The maximum Gasteiger partial charge on any atom is 0.311 e. The van der Waals surface area contributed by atoms with Crippen LogP contribution in [-0.2, 0) is 19.9 Å². The highest BCUT2D eigenvalue weighted by molar-refractivity contribution is 5.73. The fraction of sp³-hybridized carbons (Fsp3) is 0.556. The lowest BCUT2D eigenvalue weighted by Gasteiger charge is -2.25. The van der Waals surface area contributed by atoms with Crippen molar-refractivity contribution in [2.24, 2.45) is 11.7 Å². The van der Waals surface area contributed by atoms with Crippen LogP contribution in [0.5, 0.6) is 0 Å². The molecule has 3 heterocycles. The SMILES string of the molecule is COC(=O)C(CCCCN)[C@H]1O[C@@](C#N)(c2ccc3c(N)ncnn23)[C@H](O)[C@@H]1O. The first kappa shape index (κ1) is 20.9. The molecule has 11 heteroatoms. The number of nitrogen functional groups attached to an aromatic ring is 1. The van der Waals surface area contributed by atoms with E-state index in [1.54, 1.807) is 6.07 Å². The zero-order valence-corrected chi connectivity index (χ0v) is 15.9. The van der Waals surface area contributed by atoms with Crippen molar-refractivity contribution in [3.05, 3.63) is 24.2 Å². The quantitative estimate of drug-likeness (QED) is 0.332.